The molecule has 3 heterocycles. The molecule has 2 aromatic heterocycles. The molecule has 0 spiro atoms. The number of nitrogens with zero attached hydrogens (tertiary/aromatic N) is 5. The van der Waals surface area contributed by atoms with E-state index < -0.39 is 0 Å². The summed E-state index contributed by atoms with van der Waals surface area (Å²) in [5.41, 5.74) is 0.573. The van der Waals surface area contributed by atoms with Crippen molar-refractivity contribution in [3.05, 3.63) is 40.8 Å². The fraction of sp³-hybridized carbons (Fsp3) is 0.500. The lowest BCUT2D eigenvalue weighted by atomic mass is 10.4. The van der Waals surface area contributed by atoms with Crippen molar-refractivity contribution in [2.45, 2.75) is 39.4 Å². The van der Waals surface area contributed by atoms with Crippen LogP contribution < -0.4 is 15.8 Å². The van der Waals surface area contributed by atoms with Crippen LogP contribution in [0.5, 0.6) is 0 Å². The Balaban J connectivity index is 1.59. The summed E-state index contributed by atoms with van der Waals surface area (Å²) >= 11 is 0. The van der Waals surface area contributed by atoms with Gasteiger partial charge in [0.25, 0.3) is 5.56 Å². The molecule has 1 aliphatic rings. The first kappa shape index (κ1) is 16.2. The molecule has 24 heavy (non-hydrogen) atoms. The number of imidazole rings is 1. The monoisotopic (exact) mass is 330 g/mol. The highest BCUT2D eigenvalue weighted by molar-refractivity contribution is 5.75. The number of aromatic nitrogens is 4. The van der Waals surface area contributed by atoms with Crippen molar-refractivity contribution in [1.29, 1.82) is 0 Å². The molecule has 0 atom stereocenters. The van der Waals surface area contributed by atoms with Crippen molar-refractivity contribution >= 4 is 11.6 Å². The molecule has 0 bridgehead atoms. The molecular formula is C16H22N6O2. The summed E-state index contributed by atoms with van der Waals surface area (Å²) in [4.78, 5) is 30.5. The van der Waals surface area contributed by atoms with Crippen LogP contribution in [-0.4, -0.2) is 38.3 Å². The lowest BCUT2D eigenvalue weighted by molar-refractivity contribution is -0.122. The molecule has 2 aromatic rings. The van der Waals surface area contributed by atoms with Gasteiger partial charge in [0.1, 0.15) is 12.4 Å². The second-order valence-electron chi connectivity index (χ2n) is 5.81. The minimum Gasteiger partial charge on any atom is -0.370 e. The van der Waals surface area contributed by atoms with Crippen LogP contribution >= 0.6 is 0 Å². The Labute approximate surface area is 140 Å². The van der Waals surface area contributed by atoms with E-state index in [1.807, 2.05) is 17.7 Å². The topological polar surface area (TPSA) is 85.1 Å². The smallest absolute Gasteiger partial charge is 0.269 e. The second kappa shape index (κ2) is 7.29. The van der Waals surface area contributed by atoms with Crippen molar-refractivity contribution in [3.8, 4) is 0 Å². The Hall–Kier alpha value is -2.64. The molecule has 0 radical (unpaired) electrons. The summed E-state index contributed by atoms with van der Waals surface area (Å²) in [6, 6.07) is 1.55. The molecule has 3 rings (SSSR count). The Morgan fingerprint density at radius 3 is 2.83 bits per heavy atom. The van der Waals surface area contributed by atoms with E-state index in [2.05, 4.69) is 20.3 Å². The van der Waals surface area contributed by atoms with E-state index in [1.165, 1.54) is 4.68 Å². The van der Waals surface area contributed by atoms with Gasteiger partial charge in [0.15, 0.2) is 0 Å². The first-order valence-electron chi connectivity index (χ1n) is 8.26. The number of aryl methyl sites for hydroxylation is 1. The maximum absolute atomic E-state index is 12.1. The molecule has 8 nitrogen and oxygen atoms in total. The third kappa shape index (κ3) is 3.64. The second-order valence-corrected chi connectivity index (χ2v) is 5.81. The maximum Gasteiger partial charge on any atom is 0.269 e. The normalized spacial score (nSPS) is 14.1. The zero-order valence-corrected chi connectivity index (χ0v) is 13.8. The van der Waals surface area contributed by atoms with Crippen LogP contribution in [0.15, 0.2) is 29.5 Å². The van der Waals surface area contributed by atoms with Crippen LogP contribution in [0.1, 0.15) is 25.6 Å². The minimum absolute atomic E-state index is 0.0913. The van der Waals surface area contributed by atoms with E-state index in [0.29, 0.717) is 6.54 Å². The SMILES string of the molecule is CCn1ccnc1CNC(=O)Cn1ncc(N2CCCC2)cc1=O. The number of rotatable bonds is 6. The first-order chi connectivity index (χ1) is 11.7. The van der Waals surface area contributed by atoms with E-state index in [4.69, 9.17) is 0 Å². The van der Waals surface area contributed by atoms with Crippen molar-refractivity contribution < 1.29 is 4.79 Å². The van der Waals surface area contributed by atoms with E-state index in [1.54, 1.807) is 18.5 Å². The molecule has 1 N–H and O–H groups in total. The van der Waals surface area contributed by atoms with Gasteiger partial charge in [-0.25, -0.2) is 9.67 Å². The van der Waals surface area contributed by atoms with Gasteiger partial charge in [0.05, 0.1) is 18.4 Å². The molecule has 1 aliphatic heterocycles. The molecule has 1 fully saturated rings. The lowest BCUT2D eigenvalue weighted by Crippen LogP contribution is -2.34. The number of hydrogen-bond acceptors (Lipinski definition) is 5. The number of nitrogens with one attached hydrogen (secondary N) is 1. The van der Waals surface area contributed by atoms with Gasteiger partial charge in [-0.05, 0) is 19.8 Å². The molecule has 0 saturated carbocycles. The summed E-state index contributed by atoms with van der Waals surface area (Å²) in [6.45, 7) is 4.96. The average molecular weight is 330 g/mol. The Morgan fingerprint density at radius 2 is 2.12 bits per heavy atom. The van der Waals surface area contributed by atoms with Crippen LogP contribution in [-0.2, 0) is 24.4 Å². The van der Waals surface area contributed by atoms with E-state index in [-0.39, 0.29) is 18.0 Å². The summed E-state index contributed by atoms with van der Waals surface area (Å²) < 4.78 is 3.14. The number of anilines is 1. The summed E-state index contributed by atoms with van der Waals surface area (Å²) in [6.07, 6.45) is 7.50. The molecule has 128 valence electrons. The number of amides is 1. The molecule has 1 amide bonds. The molecule has 0 unspecified atom stereocenters. The first-order valence-corrected chi connectivity index (χ1v) is 8.26. The summed E-state index contributed by atoms with van der Waals surface area (Å²) in [5, 5.41) is 6.90. The van der Waals surface area contributed by atoms with Gasteiger partial charge < -0.3 is 14.8 Å². The number of hydrogen-bond donors (Lipinski definition) is 1. The number of carbonyl (C=O) groups is 1. The van der Waals surface area contributed by atoms with E-state index >= 15 is 0 Å². The third-order valence-electron chi connectivity index (χ3n) is 4.21. The van der Waals surface area contributed by atoms with Gasteiger partial charge in [-0.3, -0.25) is 9.59 Å². The van der Waals surface area contributed by atoms with Gasteiger partial charge >= 0.3 is 0 Å². The van der Waals surface area contributed by atoms with Crippen LogP contribution in [0.2, 0.25) is 0 Å². The lowest BCUT2D eigenvalue weighted by Gasteiger charge is -2.17. The highest BCUT2D eigenvalue weighted by Crippen LogP contribution is 2.16. The zero-order valence-electron chi connectivity index (χ0n) is 13.8. The third-order valence-corrected chi connectivity index (χ3v) is 4.21. The number of carbonyl (C=O) groups excluding carboxylic acids is 1. The van der Waals surface area contributed by atoms with Gasteiger partial charge in [0, 0.05) is 38.1 Å². The minimum atomic E-state index is -0.260. The average Bonchev–Trinajstić information content (AvgIpc) is 3.26. The molecule has 0 aromatic carbocycles. The molecule has 0 aliphatic carbocycles. The van der Waals surface area contributed by atoms with Crippen LogP contribution in [0.25, 0.3) is 0 Å². The van der Waals surface area contributed by atoms with Crippen molar-refractivity contribution in [3.63, 3.8) is 0 Å². The Bertz CT molecular complexity index is 760. The fourth-order valence-electron chi connectivity index (χ4n) is 2.86. The van der Waals surface area contributed by atoms with E-state index in [0.717, 1.165) is 44.0 Å². The Morgan fingerprint density at radius 1 is 1.33 bits per heavy atom. The van der Waals surface area contributed by atoms with Crippen LogP contribution in [0.4, 0.5) is 5.69 Å². The van der Waals surface area contributed by atoms with Crippen molar-refractivity contribution in [2.75, 3.05) is 18.0 Å². The van der Waals surface area contributed by atoms with Crippen LogP contribution in [0.3, 0.4) is 0 Å². The fourth-order valence-corrected chi connectivity index (χ4v) is 2.86. The molecular weight excluding hydrogens is 308 g/mol. The van der Waals surface area contributed by atoms with E-state index in [9.17, 15) is 9.59 Å². The van der Waals surface area contributed by atoms with Gasteiger partial charge in [-0.15, -0.1) is 0 Å². The van der Waals surface area contributed by atoms with Gasteiger partial charge in [-0.1, -0.05) is 0 Å². The van der Waals surface area contributed by atoms with Crippen molar-refractivity contribution in [1.82, 2.24) is 24.6 Å². The zero-order chi connectivity index (χ0) is 16.9. The summed E-state index contributed by atoms with van der Waals surface area (Å²) in [7, 11) is 0. The highest BCUT2D eigenvalue weighted by atomic mass is 16.2. The molecule has 8 heteroatoms. The highest BCUT2D eigenvalue weighted by Gasteiger charge is 2.14. The Kier molecular flexibility index (Phi) is 4.93. The predicted molar refractivity (Wildman–Crippen MR) is 89.7 cm³/mol. The molecule has 1 saturated heterocycles. The van der Waals surface area contributed by atoms with Gasteiger partial charge in [0.2, 0.25) is 5.91 Å². The predicted octanol–water partition coefficient (Wildman–Crippen LogP) is 0.376. The summed E-state index contributed by atoms with van der Waals surface area (Å²) in [5.74, 6) is 0.528. The largest absolute Gasteiger partial charge is 0.370 e. The van der Waals surface area contributed by atoms with Gasteiger partial charge in [-0.2, -0.15) is 5.10 Å². The standard InChI is InChI=1S/C16H22N6O2/c1-2-20-8-5-17-14(20)11-18-15(23)12-22-16(24)9-13(10-19-22)21-6-3-4-7-21/h5,8-10H,2-4,6-7,11-12H2,1H3,(H,18,23). The quantitative estimate of drug-likeness (QED) is 0.827. The maximum atomic E-state index is 12.1. The van der Waals surface area contributed by atoms with Crippen molar-refractivity contribution in [2.24, 2.45) is 0 Å². The van der Waals surface area contributed by atoms with Crippen LogP contribution in [0, 0.1) is 0 Å².